The number of anilines is 2. The summed E-state index contributed by atoms with van der Waals surface area (Å²) in [6, 6.07) is 13.4. The first-order valence-corrected chi connectivity index (χ1v) is 8.61. The highest BCUT2D eigenvalue weighted by atomic mass is 16.6. The van der Waals surface area contributed by atoms with Crippen LogP contribution in [-0.4, -0.2) is 47.8 Å². The number of benzene rings is 2. The molecule has 0 saturated carbocycles. The van der Waals surface area contributed by atoms with E-state index in [4.69, 9.17) is 0 Å². The molecule has 8 nitrogen and oxygen atoms in total. The minimum atomic E-state index is -0.385. The summed E-state index contributed by atoms with van der Waals surface area (Å²) < 4.78 is 0. The van der Waals surface area contributed by atoms with E-state index in [9.17, 15) is 19.7 Å². The maximum atomic E-state index is 12.7. The molecule has 0 bridgehead atoms. The van der Waals surface area contributed by atoms with Crippen molar-refractivity contribution in [3.05, 3.63) is 64.2 Å². The zero-order valence-corrected chi connectivity index (χ0v) is 14.9. The molecule has 0 aromatic heterocycles. The summed E-state index contributed by atoms with van der Waals surface area (Å²) >= 11 is 0. The number of nitrogens with one attached hydrogen (secondary N) is 1. The van der Waals surface area contributed by atoms with Crippen molar-refractivity contribution in [3.63, 3.8) is 0 Å². The Morgan fingerprint density at radius 1 is 1.00 bits per heavy atom. The maximum Gasteiger partial charge on any atom is 0.292 e. The first-order valence-electron chi connectivity index (χ1n) is 8.61. The first-order chi connectivity index (χ1) is 13.0. The Hall–Kier alpha value is -3.42. The molecular formula is C19H20N4O4. The third-order valence-electron chi connectivity index (χ3n) is 4.44. The number of carbonyl (C=O) groups is 2. The molecule has 2 aromatic carbocycles. The molecule has 0 aliphatic carbocycles. The first kappa shape index (κ1) is 18.4. The second kappa shape index (κ2) is 7.86. The van der Waals surface area contributed by atoms with Crippen LogP contribution in [0.25, 0.3) is 0 Å². The Bertz CT molecular complexity index is 858. The van der Waals surface area contributed by atoms with Crippen LogP contribution in [0.5, 0.6) is 0 Å². The van der Waals surface area contributed by atoms with Gasteiger partial charge in [-0.15, -0.1) is 0 Å². The zero-order valence-electron chi connectivity index (χ0n) is 14.9. The van der Waals surface area contributed by atoms with E-state index in [0.29, 0.717) is 43.1 Å². The minimum absolute atomic E-state index is 0.0748. The summed E-state index contributed by atoms with van der Waals surface area (Å²) in [4.78, 5) is 38.2. The van der Waals surface area contributed by atoms with Gasteiger partial charge in [0.2, 0.25) is 5.91 Å². The van der Waals surface area contributed by atoms with Gasteiger partial charge < -0.3 is 15.1 Å². The molecule has 0 atom stereocenters. The monoisotopic (exact) mass is 368 g/mol. The SMILES string of the molecule is CC(=O)Nc1ccc(C(=O)N2CCN(c3ccccc3[N+](=O)[O-])CC2)cc1. The number of nitrogens with zero attached hydrogens (tertiary/aromatic N) is 3. The van der Waals surface area contributed by atoms with Gasteiger partial charge in [0, 0.05) is 50.4 Å². The van der Waals surface area contributed by atoms with Gasteiger partial charge >= 0.3 is 0 Å². The number of hydrogen-bond acceptors (Lipinski definition) is 5. The molecule has 0 radical (unpaired) electrons. The van der Waals surface area contributed by atoms with Crippen molar-refractivity contribution < 1.29 is 14.5 Å². The van der Waals surface area contributed by atoms with Gasteiger partial charge in [0.25, 0.3) is 11.6 Å². The van der Waals surface area contributed by atoms with Gasteiger partial charge in [0.1, 0.15) is 5.69 Å². The maximum absolute atomic E-state index is 12.7. The van der Waals surface area contributed by atoms with Crippen molar-refractivity contribution in [1.29, 1.82) is 0 Å². The lowest BCUT2D eigenvalue weighted by Crippen LogP contribution is -2.48. The van der Waals surface area contributed by atoms with Crippen LogP contribution in [0.1, 0.15) is 17.3 Å². The van der Waals surface area contributed by atoms with Crippen molar-refractivity contribution in [2.24, 2.45) is 0 Å². The predicted octanol–water partition coefficient (Wildman–Crippen LogP) is 2.52. The van der Waals surface area contributed by atoms with Gasteiger partial charge in [-0.05, 0) is 30.3 Å². The smallest absolute Gasteiger partial charge is 0.292 e. The van der Waals surface area contributed by atoms with Crippen LogP contribution in [0.15, 0.2) is 48.5 Å². The van der Waals surface area contributed by atoms with E-state index in [-0.39, 0.29) is 22.4 Å². The minimum Gasteiger partial charge on any atom is -0.362 e. The number of nitro benzene ring substituents is 1. The molecular weight excluding hydrogens is 348 g/mol. The van der Waals surface area contributed by atoms with Gasteiger partial charge in [0.15, 0.2) is 0 Å². The quantitative estimate of drug-likeness (QED) is 0.661. The molecule has 0 spiro atoms. The van der Waals surface area contributed by atoms with Crippen LogP contribution >= 0.6 is 0 Å². The van der Waals surface area contributed by atoms with E-state index in [1.165, 1.54) is 13.0 Å². The number of rotatable bonds is 4. The lowest BCUT2D eigenvalue weighted by molar-refractivity contribution is -0.384. The third-order valence-corrected chi connectivity index (χ3v) is 4.44. The fraction of sp³-hybridized carbons (Fsp3) is 0.263. The predicted molar refractivity (Wildman–Crippen MR) is 102 cm³/mol. The molecule has 1 saturated heterocycles. The molecule has 0 unspecified atom stereocenters. The highest BCUT2D eigenvalue weighted by molar-refractivity contribution is 5.95. The average molecular weight is 368 g/mol. The van der Waals surface area contributed by atoms with Crippen LogP contribution in [0.4, 0.5) is 17.1 Å². The number of para-hydroxylation sites is 2. The van der Waals surface area contributed by atoms with Gasteiger partial charge in [-0.25, -0.2) is 0 Å². The zero-order chi connectivity index (χ0) is 19.4. The Labute approximate surface area is 156 Å². The largest absolute Gasteiger partial charge is 0.362 e. The van der Waals surface area contributed by atoms with Crippen LogP contribution < -0.4 is 10.2 Å². The topological polar surface area (TPSA) is 95.8 Å². The van der Waals surface area contributed by atoms with Gasteiger partial charge in [-0.1, -0.05) is 12.1 Å². The van der Waals surface area contributed by atoms with Crippen molar-refractivity contribution in [3.8, 4) is 0 Å². The van der Waals surface area contributed by atoms with Crippen molar-refractivity contribution in [2.45, 2.75) is 6.92 Å². The molecule has 3 rings (SSSR count). The fourth-order valence-corrected chi connectivity index (χ4v) is 3.12. The number of nitro groups is 1. The van der Waals surface area contributed by atoms with Crippen LogP contribution in [0, 0.1) is 10.1 Å². The van der Waals surface area contributed by atoms with E-state index < -0.39 is 0 Å². The summed E-state index contributed by atoms with van der Waals surface area (Å²) in [5, 5.41) is 13.9. The Balaban J connectivity index is 1.64. The molecule has 140 valence electrons. The van der Waals surface area contributed by atoms with E-state index in [1.807, 2.05) is 4.90 Å². The number of piperazine rings is 1. The van der Waals surface area contributed by atoms with Crippen molar-refractivity contribution in [2.75, 3.05) is 36.4 Å². The Morgan fingerprint density at radius 2 is 1.63 bits per heavy atom. The Morgan fingerprint density at radius 3 is 2.22 bits per heavy atom. The Kier molecular flexibility index (Phi) is 5.35. The molecule has 1 heterocycles. The highest BCUT2D eigenvalue weighted by Crippen LogP contribution is 2.28. The summed E-state index contributed by atoms with van der Waals surface area (Å²) in [5.74, 6) is -0.258. The standard InChI is InChI=1S/C19H20N4O4/c1-14(24)20-16-8-6-15(7-9-16)19(25)22-12-10-21(11-13-22)17-4-2-3-5-18(17)23(26)27/h2-9H,10-13H2,1H3,(H,20,24). The molecule has 27 heavy (non-hydrogen) atoms. The van der Waals surface area contributed by atoms with Gasteiger partial charge in [0.05, 0.1) is 4.92 Å². The highest BCUT2D eigenvalue weighted by Gasteiger charge is 2.25. The number of hydrogen-bond donors (Lipinski definition) is 1. The van der Waals surface area contributed by atoms with Crippen LogP contribution in [0.2, 0.25) is 0 Å². The van der Waals surface area contributed by atoms with Crippen LogP contribution in [0.3, 0.4) is 0 Å². The molecule has 1 aliphatic heterocycles. The average Bonchev–Trinajstić information content (AvgIpc) is 2.68. The number of carbonyl (C=O) groups excluding carboxylic acids is 2. The lowest BCUT2D eigenvalue weighted by Gasteiger charge is -2.35. The fourth-order valence-electron chi connectivity index (χ4n) is 3.12. The molecule has 1 fully saturated rings. The summed E-state index contributed by atoms with van der Waals surface area (Å²) in [6.07, 6.45) is 0. The van der Waals surface area contributed by atoms with Gasteiger partial charge in [-0.2, -0.15) is 0 Å². The van der Waals surface area contributed by atoms with E-state index >= 15 is 0 Å². The summed E-state index contributed by atoms with van der Waals surface area (Å²) in [5.41, 5.74) is 1.84. The summed E-state index contributed by atoms with van der Waals surface area (Å²) in [6.45, 7) is 3.45. The van der Waals surface area contributed by atoms with Crippen molar-refractivity contribution >= 4 is 28.9 Å². The van der Waals surface area contributed by atoms with E-state index in [0.717, 1.165) is 0 Å². The normalized spacial score (nSPS) is 14.0. The molecule has 1 N–H and O–H groups in total. The van der Waals surface area contributed by atoms with Crippen LogP contribution in [-0.2, 0) is 4.79 Å². The summed E-state index contributed by atoms with van der Waals surface area (Å²) in [7, 11) is 0. The van der Waals surface area contributed by atoms with E-state index in [2.05, 4.69) is 5.32 Å². The third kappa shape index (κ3) is 4.22. The lowest BCUT2D eigenvalue weighted by atomic mass is 10.1. The second-order valence-corrected chi connectivity index (χ2v) is 6.28. The van der Waals surface area contributed by atoms with Gasteiger partial charge in [-0.3, -0.25) is 19.7 Å². The molecule has 1 aliphatic rings. The second-order valence-electron chi connectivity index (χ2n) is 6.28. The molecule has 2 aromatic rings. The number of amides is 2. The van der Waals surface area contributed by atoms with Crippen molar-refractivity contribution in [1.82, 2.24) is 4.90 Å². The molecule has 2 amide bonds. The van der Waals surface area contributed by atoms with E-state index in [1.54, 1.807) is 47.4 Å². The molecule has 8 heteroatoms.